The fourth-order valence-corrected chi connectivity index (χ4v) is 2.35. The summed E-state index contributed by atoms with van der Waals surface area (Å²) in [5.41, 5.74) is 2.11. The van der Waals surface area contributed by atoms with Crippen LogP contribution in [-0.4, -0.2) is 14.8 Å². The van der Waals surface area contributed by atoms with Gasteiger partial charge in [0.1, 0.15) is 0 Å². The van der Waals surface area contributed by atoms with E-state index in [1.54, 1.807) is 0 Å². The summed E-state index contributed by atoms with van der Waals surface area (Å²) in [6.07, 6.45) is 1.01. The number of aryl methyl sites for hydroxylation is 1. The molecule has 0 aliphatic rings. The average Bonchev–Trinajstić information content (AvgIpc) is 2.60. The first kappa shape index (κ1) is 12.3. The lowest BCUT2D eigenvalue weighted by molar-refractivity contribution is 0.675. The van der Waals surface area contributed by atoms with Crippen molar-refractivity contribution in [1.29, 1.82) is 0 Å². The second-order valence-corrected chi connectivity index (χ2v) is 4.84. The normalized spacial score (nSPS) is 10.8. The van der Waals surface area contributed by atoms with Gasteiger partial charge in [0.15, 0.2) is 10.6 Å². The van der Waals surface area contributed by atoms with Gasteiger partial charge in [-0.3, -0.25) is 5.10 Å². The second kappa shape index (κ2) is 5.02. The van der Waals surface area contributed by atoms with Crippen molar-refractivity contribution in [2.45, 2.75) is 26.8 Å². The number of aromatic amines is 1. The van der Waals surface area contributed by atoms with Crippen molar-refractivity contribution >= 4 is 23.8 Å². The molecule has 0 radical (unpaired) electrons. The number of benzene rings is 1. The standard InChI is InChI=1S/C12H14ClN3S/c1-3-4-16-11(14-15-12(16)17)9-5-8(2)6-10(13)7-9/h5-7H,3-4H2,1-2H3,(H,15,17). The molecular formula is C12H14ClN3S. The summed E-state index contributed by atoms with van der Waals surface area (Å²) in [5, 5.41) is 7.83. The van der Waals surface area contributed by atoms with Crippen LogP contribution in [0, 0.1) is 11.7 Å². The van der Waals surface area contributed by atoms with Gasteiger partial charge in [0, 0.05) is 17.1 Å². The highest BCUT2D eigenvalue weighted by Gasteiger charge is 2.09. The molecule has 90 valence electrons. The van der Waals surface area contributed by atoms with E-state index in [0.717, 1.165) is 34.9 Å². The SMILES string of the molecule is CCCn1c(-c2cc(C)cc(Cl)c2)n[nH]c1=S. The molecule has 2 aromatic rings. The molecule has 3 nitrogen and oxygen atoms in total. The monoisotopic (exact) mass is 267 g/mol. The van der Waals surface area contributed by atoms with E-state index in [1.807, 2.05) is 23.6 Å². The Kier molecular flexibility index (Phi) is 3.64. The van der Waals surface area contributed by atoms with Gasteiger partial charge in [0.25, 0.3) is 0 Å². The van der Waals surface area contributed by atoms with Crippen LogP contribution in [-0.2, 0) is 6.54 Å². The van der Waals surface area contributed by atoms with E-state index in [4.69, 9.17) is 23.8 Å². The molecule has 1 N–H and O–H groups in total. The minimum Gasteiger partial charge on any atom is -0.300 e. The molecular weight excluding hydrogens is 254 g/mol. The molecule has 1 aromatic heterocycles. The van der Waals surface area contributed by atoms with Crippen molar-refractivity contribution in [3.8, 4) is 11.4 Å². The predicted octanol–water partition coefficient (Wildman–Crippen LogP) is 3.98. The number of hydrogen-bond acceptors (Lipinski definition) is 2. The molecule has 0 fully saturated rings. The number of rotatable bonds is 3. The molecule has 0 bridgehead atoms. The van der Waals surface area contributed by atoms with Gasteiger partial charge in [-0.1, -0.05) is 18.5 Å². The van der Waals surface area contributed by atoms with Gasteiger partial charge in [-0.15, -0.1) is 0 Å². The Hall–Kier alpha value is -1.13. The molecule has 0 saturated carbocycles. The molecule has 0 amide bonds. The Labute approximate surface area is 110 Å². The minimum atomic E-state index is 0.652. The molecule has 0 aliphatic heterocycles. The largest absolute Gasteiger partial charge is 0.300 e. The number of nitrogens with one attached hydrogen (secondary N) is 1. The van der Waals surface area contributed by atoms with Crippen molar-refractivity contribution in [3.63, 3.8) is 0 Å². The minimum absolute atomic E-state index is 0.652. The summed E-state index contributed by atoms with van der Waals surface area (Å²) < 4.78 is 2.65. The summed E-state index contributed by atoms with van der Waals surface area (Å²) in [6.45, 7) is 4.98. The Morgan fingerprint density at radius 2 is 2.18 bits per heavy atom. The van der Waals surface area contributed by atoms with Crippen molar-refractivity contribution in [2.24, 2.45) is 0 Å². The highest BCUT2D eigenvalue weighted by molar-refractivity contribution is 7.71. The highest BCUT2D eigenvalue weighted by atomic mass is 35.5. The lowest BCUT2D eigenvalue weighted by Gasteiger charge is -2.06. The van der Waals surface area contributed by atoms with Crippen LogP contribution in [0.25, 0.3) is 11.4 Å². The van der Waals surface area contributed by atoms with Crippen molar-refractivity contribution in [2.75, 3.05) is 0 Å². The maximum atomic E-state index is 6.06. The summed E-state index contributed by atoms with van der Waals surface area (Å²) in [7, 11) is 0. The van der Waals surface area contributed by atoms with Gasteiger partial charge in [-0.25, -0.2) is 0 Å². The first-order valence-corrected chi connectivity index (χ1v) is 6.33. The zero-order chi connectivity index (χ0) is 12.4. The molecule has 0 atom stereocenters. The highest BCUT2D eigenvalue weighted by Crippen LogP contribution is 2.23. The Morgan fingerprint density at radius 1 is 1.41 bits per heavy atom. The second-order valence-electron chi connectivity index (χ2n) is 4.02. The van der Waals surface area contributed by atoms with E-state index in [0.29, 0.717) is 4.77 Å². The fraction of sp³-hybridized carbons (Fsp3) is 0.333. The van der Waals surface area contributed by atoms with E-state index in [-0.39, 0.29) is 0 Å². The van der Waals surface area contributed by atoms with Crippen LogP contribution in [0.4, 0.5) is 0 Å². The molecule has 0 aliphatic carbocycles. The maximum Gasteiger partial charge on any atom is 0.195 e. The third-order valence-corrected chi connectivity index (χ3v) is 3.04. The zero-order valence-electron chi connectivity index (χ0n) is 9.83. The third-order valence-electron chi connectivity index (χ3n) is 2.51. The van der Waals surface area contributed by atoms with Crippen LogP contribution in [0.2, 0.25) is 5.02 Å². The van der Waals surface area contributed by atoms with Crippen LogP contribution in [0.1, 0.15) is 18.9 Å². The summed E-state index contributed by atoms with van der Waals surface area (Å²) in [6, 6.07) is 5.89. The maximum absolute atomic E-state index is 6.06. The Balaban J connectivity index is 2.56. The van der Waals surface area contributed by atoms with Crippen molar-refractivity contribution < 1.29 is 0 Å². The number of H-pyrrole nitrogens is 1. The van der Waals surface area contributed by atoms with Crippen molar-refractivity contribution in [1.82, 2.24) is 14.8 Å². The lowest BCUT2D eigenvalue weighted by atomic mass is 10.1. The van der Waals surface area contributed by atoms with E-state index >= 15 is 0 Å². The molecule has 0 unspecified atom stereocenters. The smallest absolute Gasteiger partial charge is 0.195 e. The molecule has 1 heterocycles. The predicted molar refractivity (Wildman–Crippen MR) is 72.9 cm³/mol. The Bertz CT molecular complexity index is 565. The van der Waals surface area contributed by atoms with Crippen LogP contribution >= 0.6 is 23.8 Å². The van der Waals surface area contributed by atoms with Crippen LogP contribution in [0.3, 0.4) is 0 Å². The van der Waals surface area contributed by atoms with Gasteiger partial charge in [-0.05, 0) is 49.3 Å². The number of hydrogen-bond donors (Lipinski definition) is 1. The Morgan fingerprint density at radius 3 is 2.82 bits per heavy atom. The molecule has 2 rings (SSSR count). The average molecular weight is 268 g/mol. The van der Waals surface area contributed by atoms with Gasteiger partial charge >= 0.3 is 0 Å². The van der Waals surface area contributed by atoms with Crippen LogP contribution in [0.5, 0.6) is 0 Å². The summed E-state index contributed by atoms with van der Waals surface area (Å²) in [4.78, 5) is 0. The van der Waals surface area contributed by atoms with Gasteiger partial charge < -0.3 is 4.57 Å². The van der Waals surface area contributed by atoms with Crippen LogP contribution < -0.4 is 0 Å². The molecule has 17 heavy (non-hydrogen) atoms. The van der Waals surface area contributed by atoms with Crippen molar-refractivity contribution in [3.05, 3.63) is 33.6 Å². The van der Waals surface area contributed by atoms with E-state index in [9.17, 15) is 0 Å². The number of nitrogens with zero attached hydrogens (tertiary/aromatic N) is 2. The first-order chi connectivity index (χ1) is 8.11. The lowest BCUT2D eigenvalue weighted by Crippen LogP contribution is -2.00. The molecule has 0 saturated heterocycles. The van der Waals surface area contributed by atoms with E-state index in [2.05, 4.69) is 23.2 Å². The molecule has 0 spiro atoms. The summed E-state index contributed by atoms with van der Waals surface area (Å²) in [5.74, 6) is 0.849. The van der Waals surface area contributed by atoms with E-state index in [1.165, 1.54) is 0 Å². The van der Waals surface area contributed by atoms with Gasteiger partial charge in [-0.2, -0.15) is 5.10 Å². The molecule has 1 aromatic carbocycles. The topological polar surface area (TPSA) is 33.6 Å². The summed E-state index contributed by atoms with van der Waals surface area (Å²) >= 11 is 11.3. The fourth-order valence-electron chi connectivity index (χ4n) is 1.83. The third kappa shape index (κ3) is 2.58. The number of aromatic nitrogens is 3. The zero-order valence-corrected chi connectivity index (χ0v) is 11.4. The first-order valence-electron chi connectivity index (χ1n) is 5.54. The number of halogens is 1. The molecule has 5 heteroatoms. The van der Waals surface area contributed by atoms with E-state index < -0.39 is 0 Å². The van der Waals surface area contributed by atoms with Gasteiger partial charge in [0.2, 0.25) is 0 Å². The van der Waals surface area contributed by atoms with Crippen LogP contribution in [0.15, 0.2) is 18.2 Å². The quantitative estimate of drug-likeness (QED) is 0.854. The van der Waals surface area contributed by atoms with Gasteiger partial charge in [0.05, 0.1) is 0 Å².